The predicted octanol–water partition coefficient (Wildman–Crippen LogP) is 0.677. The Labute approximate surface area is 77.4 Å². The minimum absolute atomic E-state index is 0.108. The van der Waals surface area contributed by atoms with Crippen molar-refractivity contribution in [3.05, 3.63) is 29.1 Å². The smallest absolute Gasteiger partial charge is 0.137 e. The van der Waals surface area contributed by atoms with Gasteiger partial charge in [-0.15, -0.1) is 0 Å². The summed E-state index contributed by atoms with van der Waals surface area (Å²) in [5.74, 6) is -0.237. The van der Waals surface area contributed by atoms with Crippen LogP contribution >= 0.6 is 0 Å². The summed E-state index contributed by atoms with van der Waals surface area (Å²) in [6.07, 6.45) is 1.35. The Hall–Kier alpha value is -1.12. The summed E-state index contributed by atoms with van der Waals surface area (Å²) >= 11 is 0. The molecule has 0 aromatic heterocycles. The Morgan fingerprint density at radius 1 is 1.31 bits per heavy atom. The first kappa shape index (κ1) is 8.48. The van der Waals surface area contributed by atoms with Crippen molar-refractivity contribution in [1.82, 2.24) is 0 Å². The van der Waals surface area contributed by atoms with Crippen LogP contribution in [-0.4, -0.2) is 13.6 Å². The SMILES string of the molecule is [B]c1cc(F)c2c(c1)CCC(=O)C2. The van der Waals surface area contributed by atoms with Crippen LogP contribution in [0.2, 0.25) is 0 Å². The molecule has 2 rings (SSSR count). The van der Waals surface area contributed by atoms with Crippen molar-refractivity contribution in [3.63, 3.8) is 0 Å². The van der Waals surface area contributed by atoms with E-state index in [0.29, 0.717) is 23.9 Å². The van der Waals surface area contributed by atoms with Gasteiger partial charge in [0.15, 0.2) is 0 Å². The third kappa shape index (κ3) is 1.51. The fraction of sp³-hybridized carbons (Fsp3) is 0.300. The fourth-order valence-corrected chi connectivity index (χ4v) is 1.70. The lowest BCUT2D eigenvalue weighted by Crippen LogP contribution is -2.18. The minimum Gasteiger partial charge on any atom is -0.299 e. The summed E-state index contributed by atoms with van der Waals surface area (Å²) in [5, 5.41) is 0. The van der Waals surface area contributed by atoms with E-state index in [1.54, 1.807) is 6.07 Å². The number of fused-ring (bicyclic) bond motifs is 1. The highest BCUT2D eigenvalue weighted by atomic mass is 19.1. The van der Waals surface area contributed by atoms with Gasteiger partial charge in [0.1, 0.15) is 19.4 Å². The molecule has 1 aliphatic rings. The number of rotatable bonds is 0. The van der Waals surface area contributed by atoms with Crippen LogP contribution in [0.4, 0.5) is 4.39 Å². The monoisotopic (exact) mass is 174 g/mol. The first-order chi connectivity index (χ1) is 6.16. The van der Waals surface area contributed by atoms with Crippen molar-refractivity contribution in [1.29, 1.82) is 0 Å². The third-order valence-electron chi connectivity index (χ3n) is 2.36. The van der Waals surface area contributed by atoms with Crippen LogP contribution in [0.3, 0.4) is 0 Å². The molecule has 1 aromatic carbocycles. The molecule has 2 radical (unpaired) electrons. The highest BCUT2D eigenvalue weighted by Gasteiger charge is 2.18. The molecular formula is C10H8BFO. The first-order valence-electron chi connectivity index (χ1n) is 4.25. The standard InChI is InChI=1S/C10H8BFO/c11-7-3-6-1-2-8(13)5-9(6)10(12)4-7/h3-4H,1-2,5H2. The zero-order valence-electron chi connectivity index (χ0n) is 7.14. The zero-order chi connectivity index (χ0) is 9.42. The molecule has 0 unspecified atom stereocenters. The molecular weight excluding hydrogens is 166 g/mol. The van der Waals surface area contributed by atoms with Gasteiger partial charge in [0.25, 0.3) is 0 Å². The van der Waals surface area contributed by atoms with Crippen LogP contribution in [0.25, 0.3) is 0 Å². The summed E-state index contributed by atoms with van der Waals surface area (Å²) < 4.78 is 13.3. The molecule has 1 aliphatic carbocycles. The lowest BCUT2D eigenvalue weighted by Gasteiger charge is -2.16. The number of carbonyl (C=O) groups is 1. The number of aryl methyl sites for hydroxylation is 1. The molecule has 64 valence electrons. The minimum atomic E-state index is -0.344. The summed E-state index contributed by atoms with van der Waals surface area (Å²) in [6, 6.07) is 3.03. The number of benzene rings is 1. The first-order valence-corrected chi connectivity index (χ1v) is 4.25. The molecule has 0 saturated carbocycles. The maximum atomic E-state index is 13.3. The van der Waals surface area contributed by atoms with Gasteiger partial charge in [-0.2, -0.15) is 0 Å². The van der Waals surface area contributed by atoms with Crippen molar-refractivity contribution in [3.8, 4) is 0 Å². The molecule has 0 aliphatic heterocycles. The Morgan fingerprint density at radius 3 is 2.85 bits per heavy atom. The number of carbonyl (C=O) groups excluding carboxylic acids is 1. The topological polar surface area (TPSA) is 17.1 Å². The quantitative estimate of drug-likeness (QED) is 0.528. The average Bonchev–Trinajstić information content (AvgIpc) is 2.06. The van der Waals surface area contributed by atoms with Gasteiger partial charge in [-0.05, 0) is 23.6 Å². The van der Waals surface area contributed by atoms with E-state index in [0.717, 1.165) is 5.56 Å². The second-order valence-corrected chi connectivity index (χ2v) is 3.36. The molecule has 0 spiro atoms. The molecule has 0 N–H and O–H groups in total. The van der Waals surface area contributed by atoms with Gasteiger partial charge in [-0.1, -0.05) is 11.5 Å². The molecule has 0 saturated heterocycles. The van der Waals surface area contributed by atoms with Crippen LogP contribution in [0.15, 0.2) is 12.1 Å². The predicted molar refractivity (Wildman–Crippen MR) is 48.8 cm³/mol. The molecule has 0 heterocycles. The maximum Gasteiger partial charge on any atom is 0.137 e. The van der Waals surface area contributed by atoms with Gasteiger partial charge in [-0.25, -0.2) is 4.39 Å². The van der Waals surface area contributed by atoms with Crippen molar-refractivity contribution < 1.29 is 9.18 Å². The van der Waals surface area contributed by atoms with Gasteiger partial charge < -0.3 is 0 Å². The van der Waals surface area contributed by atoms with Crippen molar-refractivity contribution in [2.75, 3.05) is 0 Å². The molecule has 0 bridgehead atoms. The van der Waals surface area contributed by atoms with E-state index >= 15 is 0 Å². The Bertz CT molecular complexity index is 373. The van der Waals surface area contributed by atoms with E-state index in [2.05, 4.69) is 0 Å². The molecule has 1 aromatic rings. The Morgan fingerprint density at radius 2 is 2.08 bits per heavy atom. The van der Waals surface area contributed by atoms with Crippen molar-refractivity contribution in [2.45, 2.75) is 19.3 Å². The van der Waals surface area contributed by atoms with Gasteiger partial charge in [-0.3, -0.25) is 4.79 Å². The number of hydrogen-bond donors (Lipinski definition) is 0. The van der Waals surface area contributed by atoms with Crippen LogP contribution in [0.1, 0.15) is 17.5 Å². The fourth-order valence-electron chi connectivity index (χ4n) is 1.70. The van der Waals surface area contributed by atoms with Crippen LogP contribution in [0, 0.1) is 5.82 Å². The second-order valence-electron chi connectivity index (χ2n) is 3.36. The van der Waals surface area contributed by atoms with E-state index in [-0.39, 0.29) is 18.0 Å². The van der Waals surface area contributed by atoms with E-state index in [1.165, 1.54) is 6.07 Å². The lowest BCUT2D eigenvalue weighted by molar-refractivity contribution is -0.118. The number of halogens is 1. The van der Waals surface area contributed by atoms with Gasteiger partial charge in [0.05, 0.1) is 0 Å². The van der Waals surface area contributed by atoms with E-state index in [9.17, 15) is 9.18 Å². The normalized spacial score (nSPS) is 15.6. The lowest BCUT2D eigenvalue weighted by atomic mass is 9.85. The second kappa shape index (κ2) is 2.98. The van der Waals surface area contributed by atoms with E-state index in [1.807, 2.05) is 0 Å². The number of ketones is 1. The van der Waals surface area contributed by atoms with Crippen molar-refractivity contribution >= 4 is 19.1 Å². The van der Waals surface area contributed by atoms with E-state index < -0.39 is 0 Å². The highest BCUT2D eigenvalue weighted by Crippen LogP contribution is 2.20. The van der Waals surface area contributed by atoms with Gasteiger partial charge in [0, 0.05) is 12.8 Å². The van der Waals surface area contributed by atoms with Gasteiger partial charge in [0.2, 0.25) is 0 Å². The summed E-state index contributed by atoms with van der Waals surface area (Å²) in [7, 11) is 5.49. The molecule has 0 atom stereocenters. The Kier molecular flexibility index (Phi) is 1.95. The third-order valence-corrected chi connectivity index (χ3v) is 2.36. The molecule has 0 amide bonds. The number of Topliss-reactive ketones (excluding diaryl/α,β-unsaturated/α-hetero) is 1. The highest BCUT2D eigenvalue weighted by molar-refractivity contribution is 6.32. The molecule has 13 heavy (non-hydrogen) atoms. The largest absolute Gasteiger partial charge is 0.299 e. The summed E-state index contributed by atoms with van der Waals surface area (Å²) in [4.78, 5) is 11.1. The zero-order valence-corrected chi connectivity index (χ0v) is 7.14. The van der Waals surface area contributed by atoms with Crippen LogP contribution in [0.5, 0.6) is 0 Å². The molecule has 3 heteroatoms. The van der Waals surface area contributed by atoms with Crippen LogP contribution in [-0.2, 0) is 17.6 Å². The summed E-state index contributed by atoms with van der Waals surface area (Å²) in [5.41, 5.74) is 1.85. The summed E-state index contributed by atoms with van der Waals surface area (Å²) in [6.45, 7) is 0. The van der Waals surface area contributed by atoms with Crippen molar-refractivity contribution in [2.24, 2.45) is 0 Å². The van der Waals surface area contributed by atoms with E-state index in [4.69, 9.17) is 7.85 Å². The maximum absolute atomic E-state index is 13.3. The average molecular weight is 174 g/mol. The Balaban J connectivity index is 2.53. The van der Waals surface area contributed by atoms with Gasteiger partial charge >= 0.3 is 0 Å². The molecule has 0 fully saturated rings. The number of hydrogen-bond acceptors (Lipinski definition) is 1. The van der Waals surface area contributed by atoms with Crippen LogP contribution < -0.4 is 5.46 Å². The molecule has 1 nitrogen and oxygen atoms in total.